The molecule has 8 nitrogen and oxygen atoms in total. The molecule has 0 saturated heterocycles. The lowest BCUT2D eigenvalue weighted by molar-refractivity contribution is -0.384. The van der Waals surface area contributed by atoms with Crippen molar-refractivity contribution in [1.29, 1.82) is 0 Å². The number of rotatable bonds is 6. The van der Waals surface area contributed by atoms with Gasteiger partial charge in [-0.3, -0.25) is 19.7 Å². The maximum atomic E-state index is 13.3. The second-order valence-electron chi connectivity index (χ2n) is 6.80. The molecule has 31 heavy (non-hydrogen) atoms. The van der Waals surface area contributed by atoms with E-state index in [4.69, 9.17) is 4.74 Å². The van der Waals surface area contributed by atoms with Gasteiger partial charge in [-0.05, 0) is 29.8 Å². The molecule has 154 valence electrons. The van der Waals surface area contributed by atoms with Crippen LogP contribution >= 0.6 is 0 Å². The molecule has 0 bridgehead atoms. The van der Waals surface area contributed by atoms with E-state index in [0.29, 0.717) is 17.0 Å². The van der Waals surface area contributed by atoms with Gasteiger partial charge in [0.2, 0.25) is 0 Å². The van der Waals surface area contributed by atoms with Gasteiger partial charge in [0.05, 0.1) is 23.4 Å². The number of nitro groups is 1. The highest BCUT2D eigenvalue weighted by Crippen LogP contribution is 2.30. The predicted octanol–water partition coefficient (Wildman–Crippen LogP) is 3.85. The van der Waals surface area contributed by atoms with Gasteiger partial charge in [0, 0.05) is 17.7 Å². The Hall–Kier alpha value is -4.33. The largest absolute Gasteiger partial charge is 0.497 e. The van der Waals surface area contributed by atoms with Gasteiger partial charge in [0.15, 0.2) is 5.78 Å². The average molecular weight is 415 g/mol. The monoisotopic (exact) mass is 415 g/mol. The van der Waals surface area contributed by atoms with Crippen LogP contribution in [-0.2, 0) is 4.79 Å². The number of anilines is 1. The van der Waals surface area contributed by atoms with Crippen molar-refractivity contribution >= 4 is 28.8 Å². The average Bonchev–Trinajstić information content (AvgIpc) is 3.16. The standard InChI is InChI=1S/C23H17N3O5/c1-31-19-12-10-17(11-13-19)25-23(28)20(21(24-25)15-6-3-2-4-7-15)22(27)16-8-5-9-18(14-16)26(29)30/h2-14,20H,1H3/t20-/m0/s1. The zero-order valence-electron chi connectivity index (χ0n) is 16.5. The minimum atomic E-state index is -1.22. The van der Waals surface area contributed by atoms with Crippen LogP contribution in [0.3, 0.4) is 0 Å². The second-order valence-corrected chi connectivity index (χ2v) is 6.80. The van der Waals surface area contributed by atoms with Crippen LogP contribution < -0.4 is 9.75 Å². The molecule has 3 aromatic carbocycles. The van der Waals surface area contributed by atoms with Crippen molar-refractivity contribution in [3.8, 4) is 5.75 Å². The Balaban J connectivity index is 1.77. The second kappa shape index (κ2) is 8.19. The Morgan fingerprint density at radius 1 is 1.03 bits per heavy atom. The van der Waals surface area contributed by atoms with Crippen LogP contribution in [0.25, 0.3) is 0 Å². The molecule has 1 amide bonds. The molecule has 0 fully saturated rings. The first-order valence-corrected chi connectivity index (χ1v) is 9.40. The quantitative estimate of drug-likeness (QED) is 0.263. The van der Waals surface area contributed by atoms with Crippen molar-refractivity contribution in [1.82, 2.24) is 0 Å². The highest BCUT2D eigenvalue weighted by Gasteiger charge is 2.42. The molecule has 0 aromatic heterocycles. The molecule has 0 saturated carbocycles. The summed E-state index contributed by atoms with van der Waals surface area (Å²) in [5.41, 5.74) is 1.25. The van der Waals surface area contributed by atoms with E-state index in [0.717, 1.165) is 0 Å². The fourth-order valence-electron chi connectivity index (χ4n) is 3.37. The minimum Gasteiger partial charge on any atom is -0.497 e. The highest BCUT2D eigenvalue weighted by molar-refractivity contribution is 6.34. The number of hydrazone groups is 1. The summed E-state index contributed by atoms with van der Waals surface area (Å²) in [5.74, 6) is -1.67. The smallest absolute Gasteiger partial charge is 0.270 e. The number of methoxy groups -OCH3 is 1. The van der Waals surface area contributed by atoms with E-state index in [1.165, 1.54) is 36.4 Å². The van der Waals surface area contributed by atoms with Gasteiger partial charge >= 0.3 is 0 Å². The van der Waals surface area contributed by atoms with Crippen molar-refractivity contribution in [3.63, 3.8) is 0 Å². The summed E-state index contributed by atoms with van der Waals surface area (Å²) in [6.07, 6.45) is 0. The molecule has 0 radical (unpaired) electrons. The Bertz CT molecular complexity index is 1190. The number of nitro benzene ring substituents is 1. The number of carbonyl (C=O) groups is 2. The SMILES string of the molecule is COc1ccc(N2N=C(c3ccccc3)[C@@H](C(=O)c3cccc([N+](=O)[O-])c3)C2=O)cc1. The number of amides is 1. The molecule has 0 spiro atoms. The van der Waals surface area contributed by atoms with Gasteiger partial charge in [-0.15, -0.1) is 0 Å². The summed E-state index contributed by atoms with van der Waals surface area (Å²) >= 11 is 0. The Morgan fingerprint density at radius 3 is 2.39 bits per heavy atom. The Labute approximate surface area is 177 Å². The molecular formula is C23H17N3O5. The summed E-state index contributed by atoms with van der Waals surface area (Å²) in [5, 5.41) is 16.8. The van der Waals surface area contributed by atoms with E-state index in [1.54, 1.807) is 48.5 Å². The van der Waals surface area contributed by atoms with Gasteiger partial charge in [0.1, 0.15) is 11.7 Å². The molecule has 4 rings (SSSR count). The van der Waals surface area contributed by atoms with E-state index in [2.05, 4.69) is 5.10 Å². The van der Waals surface area contributed by atoms with Crippen LogP contribution in [0.5, 0.6) is 5.75 Å². The zero-order valence-corrected chi connectivity index (χ0v) is 16.5. The first-order valence-electron chi connectivity index (χ1n) is 9.40. The molecular weight excluding hydrogens is 398 g/mol. The van der Waals surface area contributed by atoms with Gasteiger partial charge in [0.25, 0.3) is 11.6 Å². The lowest BCUT2D eigenvalue weighted by Crippen LogP contribution is -2.33. The van der Waals surface area contributed by atoms with Crippen LogP contribution in [0.15, 0.2) is 84.0 Å². The topological polar surface area (TPSA) is 102 Å². The van der Waals surface area contributed by atoms with Crippen molar-refractivity contribution < 1.29 is 19.2 Å². The van der Waals surface area contributed by atoms with Gasteiger partial charge < -0.3 is 4.74 Å². The van der Waals surface area contributed by atoms with E-state index < -0.39 is 22.5 Å². The molecule has 8 heteroatoms. The molecule has 0 N–H and O–H groups in total. The third-order valence-electron chi connectivity index (χ3n) is 4.93. The molecule has 0 unspecified atom stereocenters. The first kappa shape index (κ1) is 20.0. The first-order chi connectivity index (χ1) is 15.0. The van der Waals surface area contributed by atoms with Crippen LogP contribution in [0.1, 0.15) is 15.9 Å². The fourth-order valence-corrected chi connectivity index (χ4v) is 3.37. The number of carbonyl (C=O) groups excluding carboxylic acids is 2. The van der Waals surface area contributed by atoms with E-state index in [-0.39, 0.29) is 17.0 Å². The molecule has 1 atom stereocenters. The number of hydrogen-bond donors (Lipinski definition) is 0. The van der Waals surface area contributed by atoms with Gasteiger partial charge in [-0.2, -0.15) is 10.1 Å². The maximum Gasteiger partial charge on any atom is 0.270 e. The van der Waals surface area contributed by atoms with Crippen LogP contribution in [0, 0.1) is 16.0 Å². The van der Waals surface area contributed by atoms with Crippen molar-refractivity contribution in [2.45, 2.75) is 0 Å². The number of ether oxygens (including phenoxy) is 1. The van der Waals surface area contributed by atoms with Crippen molar-refractivity contribution in [2.24, 2.45) is 11.0 Å². The van der Waals surface area contributed by atoms with E-state index in [1.807, 2.05) is 6.07 Å². The van der Waals surface area contributed by atoms with Crippen LogP contribution in [-0.4, -0.2) is 29.4 Å². The van der Waals surface area contributed by atoms with Crippen LogP contribution in [0.2, 0.25) is 0 Å². The van der Waals surface area contributed by atoms with Gasteiger partial charge in [-0.25, -0.2) is 0 Å². The lowest BCUT2D eigenvalue weighted by atomic mass is 9.89. The number of non-ortho nitro benzene ring substituents is 1. The van der Waals surface area contributed by atoms with Gasteiger partial charge in [-0.1, -0.05) is 42.5 Å². The third kappa shape index (κ3) is 3.78. The van der Waals surface area contributed by atoms with E-state index in [9.17, 15) is 19.7 Å². The predicted molar refractivity (Wildman–Crippen MR) is 114 cm³/mol. The number of nitrogens with zero attached hydrogens (tertiary/aromatic N) is 3. The van der Waals surface area contributed by atoms with Crippen molar-refractivity contribution in [2.75, 3.05) is 12.1 Å². The molecule has 1 aliphatic heterocycles. The maximum absolute atomic E-state index is 13.3. The van der Waals surface area contributed by atoms with Crippen LogP contribution in [0.4, 0.5) is 11.4 Å². The fraction of sp³-hybridized carbons (Fsp3) is 0.0870. The summed E-state index contributed by atoms with van der Waals surface area (Å²) in [4.78, 5) is 37.2. The lowest BCUT2D eigenvalue weighted by Gasteiger charge is -2.14. The minimum absolute atomic E-state index is 0.0766. The zero-order chi connectivity index (χ0) is 22.0. The molecule has 0 aliphatic carbocycles. The molecule has 3 aromatic rings. The number of Topliss-reactive ketones (excluding diaryl/α,β-unsaturated/α-hetero) is 1. The Kier molecular flexibility index (Phi) is 5.28. The number of ketones is 1. The molecule has 1 aliphatic rings. The van der Waals surface area contributed by atoms with E-state index >= 15 is 0 Å². The highest BCUT2D eigenvalue weighted by atomic mass is 16.6. The summed E-state index contributed by atoms with van der Waals surface area (Å²) < 4.78 is 5.15. The van der Waals surface area contributed by atoms with Crippen molar-refractivity contribution in [3.05, 3.63) is 100 Å². The number of hydrogen-bond acceptors (Lipinski definition) is 6. The normalized spacial score (nSPS) is 15.5. The summed E-state index contributed by atoms with van der Waals surface area (Å²) in [6, 6.07) is 21.0. The number of benzene rings is 3. The summed E-state index contributed by atoms with van der Waals surface area (Å²) in [6.45, 7) is 0. The Morgan fingerprint density at radius 2 is 1.74 bits per heavy atom. The molecule has 1 heterocycles. The summed E-state index contributed by atoms with van der Waals surface area (Å²) in [7, 11) is 1.54. The third-order valence-corrected chi connectivity index (χ3v) is 4.93.